The van der Waals surface area contributed by atoms with Gasteiger partial charge in [0.15, 0.2) is 11.1 Å². The standard InChI is InChI=1S/C8H13NO6S/c10-7(11)9-3-8(4-9)1-6(2-15-8)14-5-16(12)13/h6H,1-5H2,(H,10,11)(H,12,13)/t6-/m0/s1. The van der Waals surface area contributed by atoms with Crippen molar-refractivity contribution in [1.82, 2.24) is 4.90 Å². The van der Waals surface area contributed by atoms with E-state index >= 15 is 0 Å². The van der Waals surface area contributed by atoms with Gasteiger partial charge in [-0.25, -0.2) is 9.00 Å². The van der Waals surface area contributed by atoms with Gasteiger partial charge in [-0.2, -0.15) is 0 Å². The number of carbonyl (C=O) groups is 1. The molecule has 0 aliphatic carbocycles. The van der Waals surface area contributed by atoms with E-state index in [0.29, 0.717) is 26.1 Å². The van der Waals surface area contributed by atoms with E-state index < -0.39 is 22.8 Å². The summed E-state index contributed by atoms with van der Waals surface area (Å²) in [7, 11) is 0. The molecule has 7 nitrogen and oxygen atoms in total. The van der Waals surface area contributed by atoms with Crippen molar-refractivity contribution in [3.8, 4) is 0 Å². The van der Waals surface area contributed by atoms with Crippen LogP contribution in [0.1, 0.15) is 6.42 Å². The van der Waals surface area contributed by atoms with E-state index in [9.17, 15) is 9.00 Å². The third-order valence-electron chi connectivity index (χ3n) is 2.81. The van der Waals surface area contributed by atoms with E-state index in [4.69, 9.17) is 19.1 Å². The van der Waals surface area contributed by atoms with Crippen molar-refractivity contribution in [1.29, 1.82) is 0 Å². The summed E-state index contributed by atoms with van der Waals surface area (Å²) in [6.07, 6.45) is -0.587. The fraction of sp³-hybridized carbons (Fsp3) is 0.875. The van der Waals surface area contributed by atoms with Crippen LogP contribution in [0.15, 0.2) is 0 Å². The summed E-state index contributed by atoms with van der Waals surface area (Å²) in [6.45, 7) is 1.06. The molecule has 1 unspecified atom stereocenters. The maximum atomic E-state index is 10.6. The molecule has 0 radical (unpaired) electrons. The van der Waals surface area contributed by atoms with Crippen LogP contribution < -0.4 is 0 Å². The second-order valence-corrected chi connectivity index (χ2v) is 4.94. The molecule has 0 aromatic carbocycles. The van der Waals surface area contributed by atoms with Crippen molar-refractivity contribution >= 4 is 17.2 Å². The zero-order valence-electron chi connectivity index (χ0n) is 8.50. The third-order valence-corrected chi connectivity index (χ3v) is 3.15. The Hall–Kier alpha value is -0.700. The predicted molar refractivity (Wildman–Crippen MR) is 53.4 cm³/mol. The highest BCUT2D eigenvalue weighted by Gasteiger charge is 2.51. The maximum Gasteiger partial charge on any atom is 0.407 e. The highest BCUT2D eigenvalue weighted by atomic mass is 32.2. The van der Waals surface area contributed by atoms with Crippen LogP contribution in [0.2, 0.25) is 0 Å². The molecule has 92 valence electrons. The predicted octanol–water partition coefficient (Wildman–Crippen LogP) is -0.296. The molecule has 0 aromatic rings. The summed E-state index contributed by atoms with van der Waals surface area (Å²) in [5.41, 5.74) is -0.431. The Labute approximate surface area is 94.6 Å². The smallest absolute Gasteiger partial charge is 0.407 e. The highest BCUT2D eigenvalue weighted by molar-refractivity contribution is 7.79. The van der Waals surface area contributed by atoms with E-state index in [1.165, 1.54) is 4.90 Å². The minimum atomic E-state index is -1.97. The first-order chi connectivity index (χ1) is 7.51. The van der Waals surface area contributed by atoms with Gasteiger partial charge < -0.3 is 24.0 Å². The Balaban J connectivity index is 1.77. The molecule has 1 amide bonds. The lowest BCUT2D eigenvalue weighted by atomic mass is 9.90. The third kappa shape index (κ3) is 2.34. The molecular formula is C8H13NO6S. The van der Waals surface area contributed by atoms with Gasteiger partial charge in [-0.1, -0.05) is 0 Å². The van der Waals surface area contributed by atoms with Crippen LogP contribution in [0, 0.1) is 0 Å². The van der Waals surface area contributed by atoms with Crippen molar-refractivity contribution in [3.63, 3.8) is 0 Å². The van der Waals surface area contributed by atoms with Gasteiger partial charge in [-0.05, 0) is 0 Å². The summed E-state index contributed by atoms with van der Waals surface area (Å²) in [4.78, 5) is 11.9. The molecule has 2 fully saturated rings. The van der Waals surface area contributed by atoms with Crippen LogP contribution in [-0.4, -0.2) is 62.2 Å². The van der Waals surface area contributed by atoms with Gasteiger partial charge >= 0.3 is 6.09 Å². The van der Waals surface area contributed by atoms with Crippen LogP contribution in [0.25, 0.3) is 0 Å². The van der Waals surface area contributed by atoms with E-state index in [1.807, 2.05) is 0 Å². The Morgan fingerprint density at radius 1 is 1.62 bits per heavy atom. The fourth-order valence-electron chi connectivity index (χ4n) is 2.07. The second-order valence-electron chi connectivity index (χ2n) is 4.06. The van der Waals surface area contributed by atoms with Crippen molar-refractivity contribution < 1.29 is 28.1 Å². The van der Waals surface area contributed by atoms with Gasteiger partial charge in [0.25, 0.3) is 0 Å². The molecule has 2 rings (SSSR count). The number of hydrogen-bond acceptors (Lipinski definition) is 4. The lowest BCUT2D eigenvalue weighted by Gasteiger charge is -2.45. The van der Waals surface area contributed by atoms with Crippen LogP contribution >= 0.6 is 0 Å². The summed E-state index contributed by atoms with van der Waals surface area (Å²) >= 11 is -1.97. The zero-order valence-corrected chi connectivity index (χ0v) is 9.31. The van der Waals surface area contributed by atoms with Gasteiger partial charge in [-0.15, -0.1) is 0 Å². The van der Waals surface area contributed by atoms with Crippen LogP contribution in [0.5, 0.6) is 0 Å². The Morgan fingerprint density at radius 2 is 2.31 bits per heavy atom. The number of amides is 1. The van der Waals surface area contributed by atoms with Gasteiger partial charge in [0, 0.05) is 6.42 Å². The van der Waals surface area contributed by atoms with Crippen molar-refractivity contribution in [3.05, 3.63) is 0 Å². The summed E-state index contributed by atoms with van der Waals surface area (Å²) in [5.74, 6) is -0.229. The quantitative estimate of drug-likeness (QED) is 0.669. The van der Waals surface area contributed by atoms with Crippen molar-refractivity contribution in [2.45, 2.75) is 18.1 Å². The lowest BCUT2D eigenvalue weighted by molar-refractivity contribution is -0.0983. The number of likely N-dealkylation sites (tertiary alicyclic amines) is 1. The van der Waals surface area contributed by atoms with Gasteiger partial charge in [0.2, 0.25) is 0 Å². The minimum absolute atomic E-state index is 0.216. The van der Waals surface area contributed by atoms with E-state index in [-0.39, 0.29) is 12.0 Å². The van der Waals surface area contributed by atoms with Gasteiger partial charge in [0.1, 0.15) is 11.5 Å². The summed E-state index contributed by atoms with van der Waals surface area (Å²) in [6, 6.07) is 0. The second kappa shape index (κ2) is 4.28. The molecular weight excluding hydrogens is 238 g/mol. The first-order valence-electron chi connectivity index (χ1n) is 4.82. The van der Waals surface area contributed by atoms with E-state index in [1.54, 1.807) is 0 Å². The molecule has 2 saturated heterocycles. The molecule has 16 heavy (non-hydrogen) atoms. The largest absolute Gasteiger partial charge is 0.465 e. The van der Waals surface area contributed by atoms with Gasteiger partial charge in [-0.3, -0.25) is 0 Å². The van der Waals surface area contributed by atoms with E-state index in [0.717, 1.165) is 0 Å². The van der Waals surface area contributed by atoms with Crippen LogP contribution in [0.4, 0.5) is 4.79 Å². The molecule has 0 aromatic heterocycles. The monoisotopic (exact) mass is 251 g/mol. The summed E-state index contributed by atoms with van der Waals surface area (Å²) < 4.78 is 29.6. The molecule has 8 heteroatoms. The Morgan fingerprint density at radius 3 is 2.88 bits per heavy atom. The van der Waals surface area contributed by atoms with Crippen LogP contribution in [-0.2, 0) is 20.6 Å². The molecule has 2 heterocycles. The number of rotatable bonds is 3. The molecule has 2 N–H and O–H groups in total. The SMILES string of the molecule is O=C(O)N1CC2(C[C@H](OCS(=O)O)CO2)C1. The first kappa shape index (κ1) is 11.8. The molecule has 1 spiro atoms. The normalized spacial score (nSPS) is 29.1. The Bertz CT molecular complexity index is 316. The molecule has 0 bridgehead atoms. The summed E-state index contributed by atoms with van der Waals surface area (Å²) in [5, 5.41) is 8.68. The maximum absolute atomic E-state index is 10.6. The van der Waals surface area contributed by atoms with Crippen molar-refractivity contribution in [2.24, 2.45) is 0 Å². The fourth-order valence-corrected chi connectivity index (χ4v) is 2.38. The topological polar surface area (TPSA) is 96.3 Å². The molecule has 2 atom stereocenters. The molecule has 2 aliphatic heterocycles. The average Bonchev–Trinajstić information content (AvgIpc) is 2.56. The van der Waals surface area contributed by atoms with E-state index in [2.05, 4.69) is 0 Å². The number of ether oxygens (including phenoxy) is 2. The van der Waals surface area contributed by atoms with Gasteiger partial charge in [0.05, 0.1) is 25.8 Å². The van der Waals surface area contributed by atoms with Crippen LogP contribution in [0.3, 0.4) is 0 Å². The number of nitrogens with zero attached hydrogens (tertiary/aromatic N) is 1. The Kier molecular flexibility index (Phi) is 3.15. The number of hydrogen-bond donors (Lipinski definition) is 2. The molecule has 0 saturated carbocycles. The number of carboxylic acid groups (broad SMARTS) is 1. The minimum Gasteiger partial charge on any atom is -0.465 e. The first-order valence-corrected chi connectivity index (χ1v) is 6.09. The highest BCUT2D eigenvalue weighted by Crippen LogP contribution is 2.36. The van der Waals surface area contributed by atoms with Crippen molar-refractivity contribution in [2.75, 3.05) is 25.6 Å². The molecule has 2 aliphatic rings. The average molecular weight is 251 g/mol. The lowest BCUT2D eigenvalue weighted by Crippen LogP contribution is -2.63. The zero-order chi connectivity index (χ0) is 11.8.